The molecule has 1 aliphatic heterocycles. The Kier molecular flexibility index (Phi) is 5.87. The Hall–Kier alpha value is -2.13. The third kappa shape index (κ3) is 4.93. The zero-order valence-electron chi connectivity index (χ0n) is 15.3. The van der Waals surface area contributed by atoms with Crippen molar-refractivity contribution in [3.05, 3.63) is 70.8 Å². The molecule has 0 aliphatic carbocycles. The molecule has 0 bridgehead atoms. The first-order valence-electron chi connectivity index (χ1n) is 9.22. The predicted molar refractivity (Wildman–Crippen MR) is 102 cm³/mol. The van der Waals surface area contributed by atoms with Crippen molar-refractivity contribution in [2.24, 2.45) is 5.92 Å². The smallest absolute Gasteiger partial charge is 0.224 e. The molecule has 1 unspecified atom stereocenters. The summed E-state index contributed by atoms with van der Waals surface area (Å²) in [5, 5.41) is 3.14. The van der Waals surface area contributed by atoms with E-state index < -0.39 is 0 Å². The fraction of sp³-hybridized carbons (Fsp3) is 0.409. The molecule has 0 aromatic heterocycles. The van der Waals surface area contributed by atoms with Gasteiger partial charge in [-0.05, 0) is 49.9 Å². The molecule has 132 valence electrons. The van der Waals surface area contributed by atoms with Crippen molar-refractivity contribution in [1.82, 2.24) is 10.2 Å². The van der Waals surface area contributed by atoms with Crippen molar-refractivity contribution in [2.75, 3.05) is 13.1 Å². The van der Waals surface area contributed by atoms with Gasteiger partial charge in [0, 0.05) is 19.6 Å². The molecular weight excluding hydrogens is 308 g/mol. The fourth-order valence-electron chi connectivity index (χ4n) is 3.50. The van der Waals surface area contributed by atoms with Gasteiger partial charge >= 0.3 is 0 Å². The maximum absolute atomic E-state index is 12.6. The van der Waals surface area contributed by atoms with Crippen molar-refractivity contribution in [3.8, 4) is 0 Å². The van der Waals surface area contributed by atoms with Gasteiger partial charge in [-0.3, -0.25) is 9.69 Å². The predicted octanol–water partition coefficient (Wildman–Crippen LogP) is 3.83. The summed E-state index contributed by atoms with van der Waals surface area (Å²) in [7, 11) is 0. The topological polar surface area (TPSA) is 32.3 Å². The van der Waals surface area contributed by atoms with E-state index in [-0.39, 0.29) is 11.8 Å². The molecule has 1 heterocycles. The molecule has 25 heavy (non-hydrogen) atoms. The maximum Gasteiger partial charge on any atom is 0.224 e. The van der Waals surface area contributed by atoms with Crippen LogP contribution in [-0.4, -0.2) is 23.9 Å². The third-order valence-electron chi connectivity index (χ3n) is 5.12. The van der Waals surface area contributed by atoms with Crippen LogP contribution in [0.2, 0.25) is 0 Å². The number of piperidine rings is 1. The van der Waals surface area contributed by atoms with Gasteiger partial charge in [-0.25, -0.2) is 0 Å². The molecule has 3 nitrogen and oxygen atoms in total. The van der Waals surface area contributed by atoms with Gasteiger partial charge in [-0.15, -0.1) is 0 Å². The van der Waals surface area contributed by atoms with E-state index >= 15 is 0 Å². The van der Waals surface area contributed by atoms with Crippen LogP contribution in [0.15, 0.2) is 48.5 Å². The lowest BCUT2D eigenvalue weighted by molar-refractivity contribution is -0.126. The van der Waals surface area contributed by atoms with E-state index in [1.54, 1.807) is 0 Å². The van der Waals surface area contributed by atoms with Gasteiger partial charge in [0.25, 0.3) is 0 Å². The van der Waals surface area contributed by atoms with Crippen LogP contribution >= 0.6 is 0 Å². The lowest BCUT2D eigenvalue weighted by Gasteiger charge is -2.32. The monoisotopic (exact) mass is 336 g/mol. The van der Waals surface area contributed by atoms with Crippen LogP contribution in [0.3, 0.4) is 0 Å². The van der Waals surface area contributed by atoms with Crippen LogP contribution in [-0.2, 0) is 17.9 Å². The molecule has 2 aromatic rings. The van der Waals surface area contributed by atoms with Gasteiger partial charge in [0.2, 0.25) is 5.91 Å². The molecule has 2 aromatic carbocycles. The fourth-order valence-corrected chi connectivity index (χ4v) is 3.50. The minimum Gasteiger partial charge on any atom is -0.352 e. The molecule has 1 amide bonds. The number of hydrogen-bond donors (Lipinski definition) is 1. The number of carbonyl (C=O) groups is 1. The molecule has 1 saturated heterocycles. The highest BCUT2D eigenvalue weighted by Gasteiger charge is 2.25. The minimum atomic E-state index is 0.100. The SMILES string of the molecule is Cc1ccc(CN2CCCC(C(=O)NCc3ccccc3C)C2)cc1. The Morgan fingerprint density at radius 1 is 1.12 bits per heavy atom. The zero-order valence-corrected chi connectivity index (χ0v) is 15.3. The first kappa shape index (κ1) is 17.7. The Bertz CT molecular complexity index is 708. The number of carbonyl (C=O) groups excluding carboxylic acids is 1. The molecular formula is C22H28N2O. The van der Waals surface area contributed by atoms with Crippen LogP contribution in [0.4, 0.5) is 0 Å². The summed E-state index contributed by atoms with van der Waals surface area (Å²) in [6, 6.07) is 16.9. The molecule has 1 aliphatic rings. The van der Waals surface area contributed by atoms with Crippen molar-refractivity contribution in [3.63, 3.8) is 0 Å². The largest absolute Gasteiger partial charge is 0.352 e. The van der Waals surface area contributed by atoms with Gasteiger partial charge < -0.3 is 5.32 Å². The van der Waals surface area contributed by atoms with Crippen LogP contribution in [0, 0.1) is 19.8 Å². The van der Waals surface area contributed by atoms with Crippen LogP contribution < -0.4 is 5.32 Å². The summed E-state index contributed by atoms with van der Waals surface area (Å²) in [4.78, 5) is 15.0. The second kappa shape index (κ2) is 8.30. The van der Waals surface area contributed by atoms with E-state index in [2.05, 4.69) is 60.5 Å². The third-order valence-corrected chi connectivity index (χ3v) is 5.12. The molecule has 0 radical (unpaired) electrons. The number of aryl methyl sites for hydroxylation is 2. The molecule has 3 rings (SSSR count). The van der Waals surface area contributed by atoms with E-state index in [1.165, 1.54) is 22.3 Å². The van der Waals surface area contributed by atoms with Crippen LogP contribution in [0.25, 0.3) is 0 Å². The van der Waals surface area contributed by atoms with Crippen LogP contribution in [0.1, 0.15) is 35.1 Å². The highest BCUT2D eigenvalue weighted by Crippen LogP contribution is 2.19. The Labute approximate surface area is 151 Å². The van der Waals surface area contributed by atoms with E-state index in [0.717, 1.165) is 32.5 Å². The average Bonchev–Trinajstić information content (AvgIpc) is 2.63. The van der Waals surface area contributed by atoms with E-state index in [1.807, 2.05) is 12.1 Å². The molecule has 3 heteroatoms. The highest BCUT2D eigenvalue weighted by atomic mass is 16.1. The number of nitrogens with one attached hydrogen (secondary N) is 1. The number of rotatable bonds is 5. The summed E-state index contributed by atoms with van der Waals surface area (Å²) < 4.78 is 0. The molecule has 0 saturated carbocycles. The standard InChI is InChI=1S/C22H28N2O/c1-17-9-11-19(12-10-17)15-24-13-5-8-21(16-24)22(25)23-14-20-7-4-3-6-18(20)2/h3-4,6-7,9-12,21H,5,8,13-16H2,1-2H3,(H,23,25). The van der Waals surface area contributed by atoms with E-state index in [0.29, 0.717) is 6.54 Å². The molecule has 1 atom stereocenters. The van der Waals surface area contributed by atoms with E-state index in [4.69, 9.17) is 0 Å². The van der Waals surface area contributed by atoms with Crippen molar-refractivity contribution in [1.29, 1.82) is 0 Å². The normalized spacial score (nSPS) is 18.1. The minimum absolute atomic E-state index is 0.100. The number of benzene rings is 2. The van der Waals surface area contributed by atoms with Gasteiger partial charge in [0.05, 0.1) is 5.92 Å². The van der Waals surface area contributed by atoms with Crippen molar-refractivity contribution >= 4 is 5.91 Å². The maximum atomic E-state index is 12.6. The number of hydrogen-bond acceptors (Lipinski definition) is 2. The van der Waals surface area contributed by atoms with E-state index in [9.17, 15) is 4.79 Å². The lowest BCUT2D eigenvalue weighted by Crippen LogP contribution is -2.42. The average molecular weight is 336 g/mol. The van der Waals surface area contributed by atoms with Gasteiger partial charge in [-0.2, -0.15) is 0 Å². The highest BCUT2D eigenvalue weighted by molar-refractivity contribution is 5.79. The lowest BCUT2D eigenvalue weighted by atomic mass is 9.96. The quantitative estimate of drug-likeness (QED) is 0.900. The summed E-state index contributed by atoms with van der Waals surface area (Å²) in [5.74, 6) is 0.292. The number of amides is 1. The summed E-state index contributed by atoms with van der Waals surface area (Å²) >= 11 is 0. The first-order chi connectivity index (χ1) is 12.1. The molecule has 1 N–H and O–H groups in total. The zero-order chi connectivity index (χ0) is 17.6. The van der Waals surface area contributed by atoms with Gasteiger partial charge in [0.15, 0.2) is 0 Å². The summed E-state index contributed by atoms with van der Waals surface area (Å²) in [6.45, 7) is 7.69. The summed E-state index contributed by atoms with van der Waals surface area (Å²) in [5.41, 5.74) is 5.04. The van der Waals surface area contributed by atoms with Crippen molar-refractivity contribution < 1.29 is 4.79 Å². The Morgan fingerprint density at radius 3 is 2.64 bits per heavy atom. The number of nitrogens with zero attached hydrogens (tertiary/aromatic N) is 1. The van der Waals surface area contributed by atoms with Crippen molar-refractivity contribution in [2.45, 2.75) is 39.8 Å². The molecule has 1 fully saturated rings. The molecule has 0 spiro atoms. The first-order valence-corrected chi connectivity index (χ1v) is 9.22. The van der Waals surface area contributed by atoms with Crippen LogP contribution in [0.5, 0.6) is 0 Å². The Morgan fingerprint density at radius 2 is 1.88 bits per heavy atom. The second-order valence-electron chi connectivity index (χ2n) is 7.20. The number of likely N-dealkylation sites (tertiary alicyclic amines) is 1. The Balaban J connectivity index is 1.52. The van der Waals surface area contributed by atoms with Gasteiger partial charge in [-0.1, -0.05) is 54.1 Å². The van der Waals surface area contributed by atoms with Gasteiger partial charge in [0.1, 0.15) is 0 Å². The summed E-state index contributed by atoms with van der Waals surface area (Å²) in [6.07, 6.45) is 2.08. The second-order valence-corrected chi connectivity index (χ2v) is 7.20.